The normalized spacial score (nSPS) is 14.9. The second-order valence-electron chi connectivity index (χ2n) is 7.46. The van der Waals surface area contributed by atoms with Crippen LogP contribution in [0, 0.1) is 0 Å². The first-order valence-corrected chi connectivity index (χ1v) is 10.1. The first-order valence-electron chi connectivity index (χ1n) is 10.1. The molecule has 1 heterocycles. The van der Waals surface area contributed by atoms with Gasteiger partial charge in [-0.15, -0.1) is 17.0 Å². The van der Waals surface area contributed by atoms with Gasteiger partial charge >= 0.3 is 0 Å². The molecule has 1 unspecified atom stereocenters. The predicted molar refractivity (Wildman–Crippen MR) is 123 cm³/mol. The number of rotatable bonds is 8. The molecule has 3 rings (SSSR count). The number of amides is 1. The zero-order valence-corrected chi connectivity index (χ0v) is 18.6. The Morgan fingerprint density at radius 2 is 1.86 bits per heavy atom. The number of para-hydroxylation sites is 1. The van der Waals surface area contributed by atoms with E-state index in [-0.39, 0.29) is 22.9 Å². The average molecular weight is 446 g/mol. The molecule has 1 aliphatic heterocycles. The van der Waals surface area contributed by atoms with Crippen LogP contribution < -0.4 is 10.6 Å². The van der Waals surface area contributed by atoms with E-state index in [1.54, 1.807) is 0 Å². The first-order chi connectivity index (χ1) is 13.2. The zero-order chi connectivity index (χ0) is 19.1. The quantitative estimate of drug-likeness (QED) is 0.575. The standard InChI is InChI=1S/C23H31N3O.BrH/c1-3-13-24-23(27)19-9-8-10-20(16-19)25-22-12-5-4-11-21(22)18(2)17-26-14-6-7-15-26;/h4-5,8-12,16,18,25H,3,6-7,13-15,17H2,1-2H3,(H,24,27);1H. The number of halogens is 1. The van der Waals surface area contributed by atoms with E-state index in [0.717, 1.165) is 24.3 Å². The summed E-state index contributed by atoms with van der Waals surface area (Å²) in [4.78, 5) is 14.8. The second kappa shape index (κ2) is 11.2. The van der Waals surface area contributed by atoms with E-state index in [1.165, 1.54) is 31.5 Å². The van der Waals surface area contributed by atoms with Crippen LogP contribution in [-0.4, -0.2) is 37.0 Å². The third-order valence-corrected chi connectivity index (χ3v) is 5.16. The molecule has 0 radical (unpaired) electrons. The topological polar surface area (TPSA) is 44.4 Å². The van der Waals surface area contributed by atoms with Crippen molar-refractivity contribution in [2.24, 2.45) is 0 Å². The van der Waals surface area contributed by atoms with E-state index in [1.807, 2.05) is 24.3 Å². The van der Waals surface area contributed by atoms with Crippen molar-refractivity contribution in [3.8, 4) is 0 Å². The third-order valence-electron chi connectivity index (χ3n) is 5.16. The largest absolute Gasteiger partial charge is 0.355 e. The van der Waals surface area contributed by atoms with Gasteiger partial charge in [0.15, 0.2) is 0 Å². The highest BCUT2D eigenvalue weighted by atomic mass is 79.9. The second-order valence-corrected chi connectivity index (χ2v) is 7.46. The molecule has 1 saturated heterocycles. The highest BCUT2D eigenvalue weighted by Gasteiger charge is 2.17. The van der Waals surface area contributed by atoms with Crippen LogP contribution in [0.4, 0.5) is 11.4 Å². The van der Waals surface area contributed by atoms with Crippen LogP contribution in [0.5, 0.6) is 0 Å². The molecule has 5 heteroatoms. The number of hydrogen-bond acceptors (Lipinski definition) is 3. The lowest BCUT2D eigenvalue weighted by Crippen LogP contribution is -2.24. The molecule has 1 amide bonds. The number of hydrogen-bond donors (Lipinski definition) is 2. The summed E-state index contributed by atoms with van der Waals surface area (Å²) in [6.45, 7) is 8.58. The summed E-state index contributed by atoms with van der Waals surface area (Å²) >= 11 is 0. The van der Waals surface area contributed by atoms with Crippen molar-refractivity contribution in [1.82, 2.24) is 10.2 Å². The number of anilines is 2. The molecular formula is C23H32BrN3O. The summed E-state index contributed by atoms with van der Waals surface area (Å²) < 4.78 is 0. The summed E-state index contributed by atoms with van der Waals surface area (Å²) in [5.41, 5.74) is 4.08. The minimum Gasteiger partial charge on any atom is -0.355 e. The van der Waals surface area contributed by atoms with E-state index < -0.39 is 0 Å². The molecule has 1 aliphatic rings. The van der Waals surface area contributed by atoms with Gasteiger partial charge in [0.1, 0.15) is 0 Å². The van der Waals surface area contributed by atoms with Gasteiger partial charge < -0.3 is 15.5 Å². The highest BCUT2D eigenvalue weighted by Crippen LogP contribution is 2.29. The number of nitrogens with zero attached hydrogens (tertiary/aromatic N) is 1. The molecule has 2 N–H and O–H groups in total. The zero-order valence-electron chi connectivity index (χ0n) is 16.9. The minimum absolute atomic E-state index is 0. The van der Waals surface area contributed by atoms with Crippen LogP contribution in [0.1, 0.15) is 54.9 Å². The Morgan fingerprint density at radius 3 is 2.61 bits per heavy atom. The number of likely N-dealkylation sites (tertiary alicyclic amines) is 1. The van der Waals surface area contributed by atoms with Crippen molar-refractivity contribution in [2.75, 3.05) is 31.5 Å². The fourth-order valence-corrected chi connectivity index (χ4v) is 3.73. The Labute approximate surface area is 179 Å². The van der Waals surface area contributed by atoms with Gasteiger partial charge in [0.2, 0.25) is 0 Å². The molecule has 4 nitrogen and oxygen atoms in total. The van der Waals surface area contributed by atoms with Crippen LogP contribution in [0.15, 0.2) is 48.5 Å². The lowest BCUT2D eigenvalue weighted by atomic mass is 9.98. The lowest BCUT2D eigenvalue weighted by molar-refractivity contribution is 0.0953. The van der Waals surface area contributed by atoms with Gasteiger partial charge in [-0.1, -0.05) is 38.1 Å². The summed E-state index contributed by atoms with van der Waals surface area (Å²) in [7, 11) is 0. The number of carbonyl (C=O) groups is 1. The van der Waals surface area contributed by atoms with Crippen LogP contribution in [0.25, 0.3) is 0 Å². The Morgan fingerprint density at radius 1 is 1.11 bits per heavy atom. The van der Waals surface area contributed by atoms with Crippen molar-refractivity contribution in [3.63, 3.8) is 0 Å². The molecule has 0 spiro atoms. The van der Waals surface area contributed by atoms with Crippen molar-refractivity contribution < 1.29 is 4.79 Å². The smallest absolute Gasteiger partial charge is 0.251 e. The van der Waals surface area contributed by atoms with E-state index in [4.69, 9.17) is 0 Å². The van der Waals surface area contributed by atoms with Gasteiger partial charge in [-0.05, 0) is 68.1 Å². The molecule has 0 bridgehead atoms. The van der Waals surface area contributed by atoms with Crippen LogP contribution in [0.2, 0.25) is 0 Å². The Balaban J connectivity index is 0.00000280. The van der Waals surface area contributed by atoms with Crippen molar-refractivity contribution in [3.05, 3.63) is 59.7 Å². The maximum absolute atomic E-state index is 12.2. The van der Waals surface area contributed by atoms with E-state index in [9.17, 15) is 4.79 Å². The third kappa shape index (κ3) is 6.08. The molecule has 0 aliphatic carbocycles. The van der Waals surface area contributed by atoms with E-state index >= 15 is 0 Å². The van der Waals surface area contributed by atoms with Gasteiger partial charge in [0.05, 0.1) is 0 Å². The van der Waals surface area contributed by atoms with Crippen LogP contribution >= 0.6 is 17.0 Å². The minimum atomic E-state index is -0.0174. The first kappa shape index (κ1) is 22.4. The average Bonchev–Trinajstić information content (AvgIpc) is 3.19. The van der Waals surface area contributed by atoms with Gasteiger partial charge in [-0.2, -0.15) is 0 Å². The molecule has 152 valence electrons. The van der Waals surface area contributed by atoms with Gasteiger partial charge in [-0.3, -0.25) is 4.79 Å². The molecule has 2 aromatic carbocycles. The predicted octanol–water partition coefficient (Wildman–Crippen LogP) is 5.35. The molecule has 0 saturated carbocycles. The summed E-state index contributed by atoms with van der Waals surface area (Å²) in [5, 5.41) is 6.47. The summed E-state index contributed by atoms with van der Waals surface area (Å²) in [6.07, 6.45) is 3.57. The number of benzene rings is 2. The van der Waals surface area contributed by atoms with E-state index in [2.05, 4.69) is 53.6 Å². The SMILES string of the molecule is Br.CCCNC(=O)c1cccc(Nc2ccccc2C(C)CN2CCCC2)c1. The van der Waals surface area contributed by atoms with Crippen molar-refractivity contribution >= 4 is 34.3 Å². The van der Waals surface area contributed by atoms with E-state index in [0.29, 0.717) is 18.0 Å². The van der Waals surface area contributed by atoms with Gasteiger partial charge in [0, 0.05) is 30.0 Å². The summed E-state index contributed by atoms with van der Waals surface area (Å²) in [5.74, 6) is 0.444. The Bertz CT molecular complexity index is 759. The van der Waals surface area contributed by atoms with Crippen LogP contribution in [-0.2, 0) is 0 Å². The molecule has 1 fully saturated rings. The van der Waals surface area contributed by atoms with Crippen LogP contribution in [0.3, 0.4) is 0 Å². The number of carbonyl (C=O) groups excluding carboxylic acids is 1. The fourth-order valence-electron chi connectivity index (χ4n) is 3.73. The molecule has 28 heavy (non-hydrogen) atoms. The fraction of sp³-hybridized carbons (Fsp3) is 0.435. The molecule has 2 aromatic rings. The summed E-state index contributed by atoms with van der Waals surface area (Å²) in [6, 6.07) is 16.2. The maximum Gasteiger partial charge on any atom is 0.251 e. The van der Waals surface area contributed by atoms with Crippen molar-refractivity contribution in [2.45, 2.75) is 39.0 Å². The molecular weight excluding hydrogens is 414 g/mol. The monoisotopic (exact) mass is 445 g/mol. The molecule has 0 aromatic heterocycles. The lowest BCUT2D eigenvalue weighted by Gasteiger charge is -2.23. The molecule has 1 atom stereocenters. The Kier molecular flexibility index (Phi) is 9.00. The Hall–Kier alpha value is -1.85. The highest BCUT2D eigenvalue weighted by molar-refractivity contribution is 8.93. The number of nitrogens with one attached hydrogen (secondary N) is 2. The van der Waals surface area contributed by atoms with Gasteiger partial charge in [-0.25, -0.2) is 0 Å². The van der Waals surface area contributed by atoms with Crippen molar-refractivity contribution in [1.29, 1.82) is 0 Å². The van der Waals surface area contributed by atoms with Gasteiger partial charge in [0.25, 0.3) is 5.91 Å². The maximum atomic E-state index is 12.2.